The van der Waals surface area contributed by atoms with Crippen molar-refractivity contribution < 1.29 is 9.31 Å². The largest absolute Gasteiger partial charge is 0.373 e. The van der Waals surface area contributed by atoms with E-state index in [-0.39, 0.29) is 17.5 Å². The van der Waals surface area contributed by atoms with Crippen LogP contribution in [0.1, 0.15) is 18.5 Å². The molecule has 0 fully saturated rings. The molecule has 0 spiro atoms. The maximum absolute atomic E-state index is 12.9. The van der Waals surface area contributed by atoms with Gasteiger partial charge in [0.05, 0.1) is 4.92 Å². The summed E-state index contributed by atoms with van der Waals surface area (Å²) in [7, 11) is 0. The first-order valence-corrected chi connectivity index (χ1v) is 6.72. The normalized spacial score (nSPS) is 11.9. The number of nitrogens with one attached hydrogen (secondary N) is 1. The van der Waals surface area contributed by atoms with Crippen LogP contribution in [0.3, 0.4) is 0 Å². The van der Waals surface area contributed by atoms with Crippen molar-refractivity contribution in [3.8, 4) is 0 Å². The highest BCUT2D eigenvalue weighted by atomic mass is 79.9. The molecule has 0 aliphatic carbocycles. The molecule has 2 aromatic carbocycles. The predicted molar refractivity (Wildman–Crippen MR) is 79.2 cm³/mol. The molecule has 1 atom stereocenters. The minimum absolute atomic E-state index is 0.00200. The van der Waals surface area contributed by atoms with E-state index in [0.29, 0.717) is 5.69 Å². The van der Waals surface area contributed by atoms with E-state index in [4.69, 9.17) is 0 Å². The number of anilines is 1. The van der Waals surface area contributed by atoms with Gasteiger partial charge in [0.15, 0.2) is 0 Å². The topological polar surface area (TPSA) is 55.2 Å². The highest BCUT2D eigenvalue weighted by Gasteiger charge is 2.16. The Bertz CT molecular complexity index is 632. The summed E-state index contributed by atoms with van der Waals surface area (Å²) in [5.74, 6) is -0.311. The molecule has 0 radical (unpaired) electrons. The third-order valence-corrected chi connectivity index (χ3v) is 3.39. The lowest BCUT2D eigenvalue weighted by molar-refractivity contribution is -0.384. The zero-order chi connectivity index (χ0) is 14.7. The number of nitro benzene ring substituents is 1. The SMILES string of the molecule is CC(Nc1cc(Br)ccc1[N+](=O)[O-])c1ccc(F)cc1. The summed E-state index contributed by atoms with van der Waals surface area (Å²) < 4.78 is 13.6. The van der Waals surface area contributed by atoms with Crippen LogP contribution in [0.5, 0.6) is 0 Å². The molecule has 1 N–H and O–H groups in total. The van der Waals surface area contributed by atoms with Gasteiger partial charge in [-0.3, -0.25) is 10.1 Å². The molecule has 6 heteroatoms. The zero-order valence-electron chi connectivity index (χ0n) is 10.6. The van der Waals surface area contributed by atoms with Crippen molar-refractivity contribution in [2.24, 2.45) is 0 Å². The Morgan fingerprint density at radius 1 is 1.25 bits per heavy atom. The van der Waals surface area contributed by atoms with Gasteiger partial charge >= 0.3 is 0 Å². The summed E-state index contributed by atoms with van der Waals surface area (Å²) in [6.45, 7) is 1.86. The Labute approximate surface area is 123 Å². The van der Waals surface area contributed by atoms with E-state index in [0.717, 1.165) is 10.0 Å². The van der Waals surface area contributed by atoms with Crippen molar-refractivity contribution in [3.63, 3.8) is 0 Å². The van der Waals surface area contributed by atoms with Gasteiger partial charge in [0, 0.05) is 16.6 Å². The second kappa shape index (κ2) is 6.00. The molecule has 104 valence electrons. The summed E-state index contributed by atoms with van der Waals surface area (Å²) in [6, 6.07) is 10.6. The number of hydrogen-bond donors (Lipinski definition) is 1. The molecule has 0 bridgehead atoms. The maximum Gasteiger partial charge on any atom is 0.292 e. The van der Waals surface area contributed by atoms with Crippen LogP contribution in [-0.2, 0) is 0 Å². The van der Waals surface area contributed by atoms with Crippen LogP contribution in [0.4, 0.5) is 15.8 Å². The highest BCUT2D eigenvalue weighted by Crippen LogP contribution is 2.30. The summed E-state index contributed by atoms with van der Waals surface area (Å²) >= 11 is 3.29. The quantitative estimate of drug-likeness (QED) is 0.651. The molecule has 0 aromatic heterocycles. The molecule has 20 heavy (non-hydrogen) atoms. The molecule has 0 saturated carbocycles. The third kappa shape index (κ3) is 3.33. The van der Waals surface area contributed by atoms with E-state index < -0.39 is 4.92 Å². The van der Waals surface area contributed by atoms with E-state index in [1.165, 1.54) is 18.2 Å². The Kier molecular flexibility index (Phi) is 4.34. The highest BCUT2D eigenvalue weighted by molar-refractivity contribution is 9.10. The lowest BCUT2D eigenvalue weighted by Crippen LogP contribution is -2.08. The molecule has 2 aromatic rings. The van der Waals surface area contributed by atoms with E-state index in [9.17, 15) is 14.5 Å². The van der Waals surface area contributed by atoms with Gasteiger partial charge in [-0.1, -0.05) is 28.1 Å². The number of benzene rings is 2. The fourth-order valence-electron chi connectivity index (χ4n) is 1.85. The van der Waals surface area contributed by atoms with Gasteiger partial charge in [0.1, 0.15) is 11.5 Å². The molecule has 1 unspecified atom stereocenters. The van der Waals surface area contributed by atoms with Crippen LogP contribution in [0, 0.1) is 15.9 Å². The van der Waals surface area contributed by atoms with Crippen molar-refractivity contribution >= 4 is 27.3 Å². The third-order valence-electron chi connectivity index (χ3n) is 2.90. The van der Waals surface area contributed by atoms with Gasteiger partial charge in [0.2, 0.25) is 0 Å². The fraction of sp³-hybridized carbons (Fsp3) is 0.143. The number of nitrogens with zero attached hydrogens (tertiary/aromatic N) is 1. The summed E-state index contributed by atoms with van der Waals surface area (Å²) in [6.07, 6.45) is 0. The summed E-state index contributed by atoms with van der Waals surface area (Å²) in [5.41, 5.74) is 1.27. The predicted octanol–water partition coefficient (Wildman–Crippen LogP) is 4.67. The zero-order valence-corrected chi connectivity index (χ0v) is 12.2. The van der Waals surface area contributed by atoms with E-state index in [1.807, 2.05) is 6.92 Å². The second-order valence-corrected chi connectivity index (χ2v) is 5.25. The number of hydrogen-bond acceptors (Lipinski definition) is 3. The minimum atomic E-state index is -0.438. The fourth-order valence-corrected chi connectivity index (χ4v) is 2.21. The van der Waals surface area contributed by atoms with E-state index in [2.05, 4.69) is 21.2 Å². The number of halogens is 2. The molecule has 0 aliphatic heterocycles. The van der Waals surface area contributed by atoms with Crippen molar-refractivity contribution in [1.29, 1.82) is 0 Å². The van der Waals surface area contributed by atoms with Gasteiger partial charge < -0.3 is 5.32 Å². The van der Waals surface area contributed by atoms with Crippen molar-refractivity contribution in [3.05, 3.63) is 68.4 Å². The average Bonchev–Trinajstić information content (AvgIpc) is 2.39. The van der Waals surface area contributed by atoms with Crippen LogP contribution in [0.15, 0.2) is 46.9 Å². The van der Waals surface area contributed by atoms with E-state index in [1.54, 1.807) is 24.3 Å². The molecular formula is C14H12BrFN2O2. The van der Waals surface area contributed by atoms with Crippen LogP contribution in [0.25, 0.3) is 0 Å². The first-order valence-electron chi connectivity index (χ1n) is 5.93. The van der Waals surface area contributed by atoms with Crippen molar-refractivity contribution in [2.45, 2.75) is 13.0 Å². The summed E-state index contributed by atoms with van der Waals surface area (Å²) in [5, 5.41) is 14.1. The minimum Gasteiger partial charge on any atom is -0.373 e. The Morgan fingerprint density at radius 3 is 2.50 bits per heavy atom. The standard InChI is InChI=1S/C14H12BrFN2O2/c1-9(10-2-5-12(16)6-3-10)17-13-8-11(15)4-7-14(13)18(19)20/h2-9,17H,1H3. The lowest BCUT2D eigenvalue weighted by Gasteiger charge is -2.16. The molecule has 0 amide bonds. The maximum atomic E-state index is 12.9. The molecular weight excluding hydrogens is 327 g/mol. The molecule has 4 nitrogen and oxygen atoms in total. The Morgan fingerprint density at radius 2 is 1.90 bits per heavy atom. The van der Waals surface area contributed by atoms with E-state index >= 15 is 0 Å². The van der Waals surface area contributed by atoms with Gasteiger partial charge in [-0.15, -0.1) is 0 Å². The van der Waals surface area contributed by atoms with Crippen LogP contribution in [0.2, 0.25) is 0 Å². The molecule has 0 saturated heterocycles. The van der Waals surface area contributed by atoms with Gasteiger partial charge in [-0.05, 0) is 36.8 Å². The monoisotopic (exact) mass is 338 g/mol. The molecule has 0 aliphatic rings. The Balaban J connectivity index is 2.27. The van der Waals surface area contributed by atoms with Crippen LogP contribution < -0.4 is 5.32 Å². The van der Waals surface area contributed by atoms with Gasteiger partial charge in [-0.2, -0.15) is 0 Å². The first kappa shape index (κ1) is 14.5. The smallest absolute Gasteiger partial charge is 0.292 e. The number of nitro groups is 1. The number of rotatable bonds is 4. The summed E-state index contributed by atoms with van der Waals surface area (Å²) in [4.78, 5) is 10.6. The lowest BCUT2D eigenvalue weighted by atomic mass is 10.1. The second-order valence-electron chi connectivity index (χ2n) is 4.34. The van der Waals surface area contributed by atoms with Crippen LogP contribution in [-0.4, -0.2) is 4.92 Å². The van der Waals surface area contributed by atoms with Crippen molar-refractivity contribution in [1.82, 2.24) is 0 Å². The Hall–Kier alpha value is -1.95. The average molecular weight is 339 g/mol. The molecule has 0 heterocycles. The first-order chi connectivity index (χ1) is 9.47. The van der Waals surface area contributed by atoms with Gasteiger partial charge in [0.25, 0.3) is 5.69 Å². The van der Waals surface area contributed by atoms with Gasteiger partial charge in [-0.25, -0.2) is 4.39 Å². The molecule has 2 rings (SSSR count). The van der Waals surface area contributed by atoms with Crippen LogP contribution >= 0.6 is 15.9 Å². The van der Waals surface area contributed by atoms with Crippen molar-refractivity contribution in [2.75, 3.05) is 5.32 Å².